The third kappa shape index (κ3) is 4.86. The average molecular weight is 302 g/mol. The molecular weight excluding hydrogens is 276 g/mol. The monoisotopic (exact) mass is 302 g/mol. The molecule has 1 aliphatic carbocycles. The summed E-state index contributed by atoms with van der Waals surface area (Å²) in [4.78, 5) is 25.6. The summed E-state index contributed by atoms with van der Waals surface area (Å²) in [5.41, 5.74) is 2.21. The van der Waals surface area contributed by atoms with Crippen LogP contribution in [0.2, 0.25) is 0 Å². The second kappa shape index (κ2) is 7.97. The molecule has 4 nitrogen and oxygen atoms in total. The van der Waals surface area contributed by atoms with Gasteiger partial charge in [-0.1, -0.05) is 42.7 Å². The quantitative estimate of drug-likeness (QED) is 0.877. The third-order valence-electron chi connectivity index (χ3n) is 4.33. The van der Waals surface area contributed by atoms with E-state index < -0.39 is 0 Å². The Kier molecular flexibility index (Phi) is 5.99. The summed E-state index contributed by atoms with van der Waals surface area (Å²) >= 11 is 0. The molecule has 2 rings (SSSR count). The molecule has 22 heavy (non-hydrogen) atoms. The summed E-state index contributed by atoms with van der Waals surface area (Å²) in [6, 6.07) is 8.36. The second-order valence-electron chi connectivity index (χ2n) is 6.16. The van der Waals surface area contributed by atoms with Gasteiger partial charge in [0.1, 0.15) is 0 Å². The molecule has 0 spiro atoms. The normalized spacial score (nSPS) is 14.8. The van der Waals surface area contributed by atoms with Crippen LogP contribution >= 0.6 is 0 Å². The molecule has 0 atom stereocenters. The first-order valence-electron chi connectivity index (χ1n) is 8.15. The lowest BCUT2D eigenvalue weighted by Crippen LogP contribution is -2.42. The number of amides is 2. The molecule has 1 N–H and O–H groups in total. The molecule has 1 aromatic carbocycles. The van der Waals surface area contributed by atoms with Crippen LogP contribution in [0.25, 0.3) is 0 Å². The van der Waals surface area contributed by atoms with Crippen molar-refractivity contribution in [2.75, 3.05) is 13.1 Å². The Labute approximate surface area is 132 Å². The molecule has 0 aromatic heterocycles. The molecule has 0 aliphatic heterocycles. The van der Waals surface area contributed by atoms with Crippen LogP contribution in [0.5, 0.6) is 0 Å². The van der Waals surface area contributed by atoms with E-state index in [1.165, 1.54) is 18.4 Å². The van der Waals surface area contributed by atoms with Crippen molar-refractivity contribution in [1.82, 2.24) is 10.2 Å². The van der Waals surface area contributed by atoms with Gasteiger partial charge >= 0.3 is 0 Å². The minimum Gasteiger partial charge on any atom is -0.354 e. The highest BCUT2D eigenvalue weighted by Crippen LogP contribution is 2.23. The lowest BCUT2D eigenvalue weighted by Gasteiger charge is -2.27. The fourth-order valence-electron chi connectivity index (χ4n) is 3.08. The molecule has 2 amide bonds. The molecule has 0 heterocycles. The summed E-state index contributed by atoms with van der Waals surface area (Å²) in [5, 5.41) is 2.92. The van der Waals surface area contributed by atoms with Gasteiger partial charge in [0.2, 0.25) is 11.8 Å². The fourth-order valence-corrected chi connectivity index (χ4v) is 3.08. The molecule has 0 saturated heterocycles. The zero-order chi connectivity index (χ0) is 15.9. The molecule has 0 radical (unpaired) electrons. The standard InChI is InChI=1S/C18H26N2O2/c1-14-7-9-16(10-8-14)13-18(22)19-11-12-20(15(2)21)17-5-3-4-6-17/h7-10,17H,3-6,11-13H2,1-2H3,(H,19,22). The van der Waals surface area contributed by atoms with Gasteiger partial charge in [0.25, 0.3) is 0 Å². The van der Waals surface area contributed by atoms with Crippen LogP contribution in [0.1, 0.15) is 43.7 Å². The topological polar surface area (TPSA) is 49.4 Å². The smallest absolute Gasteiger partial charge is 0.224 e. The summed E-state index contributed by atoms with van der Waals surface area (Å²) in [6.45, 7) is 4.79. The maximum absolute atomic E-state index is 12.0. The van der Waals surface area contributed by atoms with E-state index in [-0.39, 0.29) is 11.8 Å². The third-order valence-corrected chi connectivity index (χ3v) is 4.33. The number of hydrogen-bond acceptors (Lipinski definition) is 2. The number of carbonyl (C=O) groups is 2. The first-order valence-corrected chi connectivity index (χ1v) is 8.15. The predicted octanol–water partition coefficient (Wildman–Crippen LogP) is 2.44. The van der Waals surface area contributed by atoms with E-state index in [1.807, 2.05) is 36.1 Å². The summed E-state index contributed by atoms with van der Waals surface area (Å²) in [6.07, 6.45) is 4.99. The van der Waals surface area contributed by atoms with Gasteiger partial charge < -0.3 is 10.2 Å². The van der Waals surface area contributed by atoms with Gasteiger partial charge in [0.05, 0.1) is 6.42 Å². The van der Waals surface area contributed by atoms with Crippen LogP contribution in [-0.2, 0) is 16.0 Å². The minimum absolute atomic E-state index is 0.0128. The Bertz CT molecular complexity index is 504. The van der Waals surface area contributed by atoms with Crippen molar-refractivity contribution in [2.45, 2.75) is 52.0 Å². The van der Waals surface area contributed by atoms with Crippen LogP contribution in [0.15, 0.2) is 24.3 Å². The van der Waals surface area contributed by atoms with E-state index >= 15 is 0 Å². The van der Waals surface area contributed by atoms with E-state index in [4.69, 9.17) is 0 Å². The lowest BCUT2D eigenvalue weighted by atomic mass is 10.1. The predicted molar refractivity (Wildman–Crippen MR) is 87.5 cm³/mol. The highest BCUT2D eigenvalue weighted by molar-refractivity contribution is 5.78. The number of benzene rings is 1. The Morgan fingerprint density at radius 2 is 1.82 bits per heavy atom. The van der Waals surface area contributed by atoms with Crippen molar-refractivity contribution in [3.8, 4) is 0 Å². The van der Waals surface area contributed by atoms with Crippen LogP contribution in [0.3, 0.4) is 0 Å². The van der Waals surface area contributed by atoms with E-state index in [1.54, 1.807) is 6.92 Å². The Morgan fingerprint density at radius 3 is 2.41 bits per heavy atom. The summed E-state index contributed by atoms with van der Waals surface area (Å²) in [5.74, 6) is 0.124. The van der Waals surface area contributed by atoms with Crippen LogP contribution in [-0.4, -0.2) is 35.8 Å². The Morgan fingerprint density at radius 1 is 1.18 bits per heavy atom. The Balaban J connectivity index is 1.75. The van der Waals surface area contributed by atoms with Crippen molar-refractivity contribution < 1.29 is 9.59 Å². The van der Waals surface area contributed by atoms with Gasteiger partial charge in [-0.2, -0.15) is 0 Å². The molecule has 1 fully saturated rings. The Hall–Kier alpha value is -1.84. The van der Waals surface area contributed by atoms with Crippen molar-refractivity contribution in [3.63, 3.8) is 0 Å². The van der Waals surface area contributed by atoms with Crippen molar-refractivity contribution in [3.05, 3.63) is 35.4 Å². The molecule has 1 aromatic rings. The first-order chi connectivity index (χ1) is 10.6. The van der Waals surface area contributed by atoms with Gasteiger partial charge in [-0.3, -0.25) is 9.59 Å². The molecule has 1 aliphatic rings. The van der Waals surface area contributed by atoms with Gasteiger partial charge in [-0.15, -0.1) is 0 Å². The molecular formula is C18H26N2O2. The molecule has 120 valence electrons. The number of hydrogen-bond donors (Lipinski definition) is 1. The van der Waals surface area contributed by atoms with Gasteiger partial charge in [-0.05, 0) is 25.3 Å². The number of carbonyl (C=O) groups excluding carboxylic acids is 2. The summed E-state index contributed by atoms with van der Waals surface area (Å²) in [7, 11) is 0. The van der Waals surface area contributed by atoms with Crippen molar-refractivity contribution in [1.29, 1.82) is 0 Å². The number of nitrogens with one attached hydrogen (secondary N) is 1. The van der Waals surface area contributed by atoms with E-state index in [0.29, 0.717) is 25.6 Å². The maximum Gasteiger partial charge on any atom is 0.224 e. The van der Waals surface area contributed by atoms with Crippen LogP contribution in [0, 0.1) is 6.92 Å². The largest absolute Gasteiger partial charge is 0.354 e. The van der Waals surface area contributed by atoms with Crippen LogP contribution in [0.4, 0.5) is 0 Å². The van der Waals surface area contributed by atoms with Crippen molar-refractivity contribution >= 4 is 11.8 Å². The molecule has 1 saturated carbocycles. The first kappa shape index (κ1) is 16.5. The number of rotatable bonds is 6. The highest BCUT2D eigenvalue weighted by Gasteiger charge is 2.24. The van der Waals surface area contributed by atoms with Gasteiger partial charge in [-0.25, -0.2) is 0 Å². The van der Waals surface area contributed by atoms with E-state index in [2.05, 4.69) is 5.32 Å². The maximum atomic E-state index is 12.0. The van der Waals surface area contributed by atoms with E-state index in [9.17, 15) is 9.59 Å². The second-order valence-corrected chi connectivity index (χ2v) is 6.16. The van der Waals surface area contributed by atoms with E-state index in [0.717, 1.165) is 18.4 Å². The van der Waals surface area contributed by atoms with Gasteiger partial charge in [0.15, 0.2) is 0 Å². The summed E-state index contributed by atoms with van der Waals surface area (Å²) < 4.78 is 0. The van der Waals surface area contributed by atoms with Gasteiger partial charge in [0, 0.05) is 26.1 Å². The van der Waals surface area contributed by atoms with Crippen LogP contribution < -0.4 is 5.32 Å². The molecule has 0 bridgehead atoms. The number of nitrogens with zero attached hydrogens (tertiary/aromatic N) is 1. The zero-order valence-electron chi connectivity index (χ0n) is 13.6. The average Bonchev–Trinajstić information content (AvgIpc) is 2.99. The zero-order valence-corrected chi connectivity index (χ0v) is 13.6. The molecule has 4 heteroatoms. The molecule has 0 unspecified atom stereocenters. The SMILES string of the molecule is CC(=O)N(CCNC(=O)Cc1ccc(C)cc1)C1CCCC1. The lowest BCUT2D eigenvalue weighted by molar-refractivity contribution is -0.131. The number of aryl methyl sites for hydroxylation is 1. The fraction of sp³-hybridized carbons (Fsp3) is 0.556. The minimum atomic E-state index is 0.0128. The van der Waals surface area contributed by atoms with Crippen molar-refractivity contribution in [2.24, 2.45) is 0 Å². The highest BCUT2D eigenvalue weighted by atomic mass is 16.2.